The second-order valence-corrected chi connectivity index (χ2v) is 4.66. The minimum Gasteiger partial charge on any atom is -0.492 e. The minimum atomic E-state index is 0.172. The summed E-state index contributed by atoms with van der Waals surface area (Å²) < 4.78 is 5.65. The highest BCUT2D eigenvalue weighted by Crippen LogP contribution is 2.31. The van der Waals surface area contributed by atoms with Crippen molar-refractivity contribution in [2.75, 3.05) is 6.61 Å². The van der Waals surface area contributed by atoms with Gasteiger partial charge in [-0.05, 0) is 23.8 Å². The molecule has 0 bridgehead atoms. The highest BCUT2D eigenvalue weighted by molar-refractivity contribution is 6.08. The quantitative estimate of drug-likeness (QED) is 0.627. The number of ketones is 1. The molecule has 0 fully saturated rings. The van der Waals surface area contributed by atoms with Crippen LogP contribution in [0.1, 0.15) is 27.9 Å². The zero-order chi connectivity index (χ0) is 13.8. The Morgan fingerprint density at radius 2 is 1.90 bits per heavy atom. The SMILES string of the molecule is O=C1Cc2cccc(OCCC#Cc3ccccc3)c21. The second-order valence-electron chi connectivity index (χ2n) is 4.66. The van der Waals surface area contributed by atoms with E-state index in [1.807, 2.05) is 48.5 Å². The number of hydrogen-bond donors (Lipinski definition) is 0. The molecule has 2 heteroatoms. The molecule has 1 aliphatic carbocycles. The molecule has 1 aliphatic rings. The average molecular weight is 262 g/mol. The Morgan fingerprint density at radius 3 is 2.70 bits per heavy atom. The third kappa shape index (κ3) is 2.57. The van der Waals surface area contributed by atoms with Gasteiger partial charge in [0.25, 0.3) is 0 Å². The van der Waals surface area contributed by atoms with Crippen LogP contribution in [0.25, 0.3) is 0 Å². The van der Waals surface area contributed by atoms with Gasteiger partial charge < -0.3 is 4.74 Å². The first-order valence-corrected chi connectivity index (χ1v) is 6.66. The van der Waals surface area contributed by atoms with Crippen molar-refractivity contribution >= 4 is 5.78 Å². The number of carbonyl (C=O) groups is 1. The van der Waals surface area contributed by atoms with E-state index in [0.717, 1.165) is 16.7 Å². The van der Waals surface area contributed by atoms with E-state index in [1.165, 1.54) is 0 Å². The molecule has 2 nitrogen and oxygen atoms in total. The van der Waals surface area contributed by atoms with Crippen molar-refractivity contribution in [2.24, 2.45) is 0 Å². The predicted molar refractivity (Wildman–Crippen MR) is 77.9 cm³/mol. The monoisotopic (exact) mass is 262 g/mol. The summed E-state index contributed by atoms with van der Waals surface area (Å²) in [5.74, 6) is 7.02. The smallest absolute Gasteiger partial charge is 0.171 e. The van der Waals surface area contributed by atoms with E-state index in [2.05, 4.69) is 11.8 Å². The third-order valence-electron chi connectivity index (χ3n) is 3.23. The van der Waals surface area contributed by atoms with E-state index in [-0.39, 0.29) is 5.78 Å². The van der Waals surface area contributed by atoms with Crippen molar-refractivity contribution in [3.8, 4) is 17.6 Å². The minimum absolute atomic E-state index is 0.172. The molecule has 20 heavy (non-hydrogen) atoms. The fraction of sp³-hybridized carbons (Fsp3) is 0.167. The van der Waals surface area contributed by atoms with Crippen LogP contribution in [-0.4, -0.2) is 12.4 Å². The fourth-order valence-corrected chi connectivity index (χ4v) is 2.21. The molecule has 0 saturated carbocycles. The molecular formula is C18H14O2. The summed E-state index contributed by atoms with van der Waals surface area (Å²) in [4.78, 5) is 11.5. The molecule has 0 aromatic heterocycles. The largest absolute Gasteiger partial charge is 0.492 e. The van der Waals surface area contributed by atoms with Crippen molar-refractivity contribution in [3.63, 3.8) is 0 Å². The van der Waals surface area contributed by atoms with Gasteiger partial charge in [-0.3, -0.25) is 4.79 Å². The molecule has 2 aromatic rings. The Balaban J connectivity index is 1.56. The molecule has 0 unspecified atom stereocenters. The van der Waals surface area contributed by atoms with Crippen LogP contribution in [0.15, 0.2) is 48.5 Å². The number of hydrogen-bond acceptors (Lipinski definition) is 2. The number of carbonyl (C=O) groups excluding carboxylic acids is 1. The van der Waals surface area contributed by atoms with Crippen molar-refractivity contribution in [1.29, 1.82) is 0 Å². The number of ether oxygens (including phenoxy) is 1. The van der Waals surface area contributed by atoms with Gasteiger partial charge >= 0.3 is 0 Å². The molecule has 0 aliphatic heterocycles. The van der Waals surface area contributed by atoms with Crippen LogP contribution >= 0.6 is 0 Å². The van der Waals surface area contributed by atoms with Crippen LogP contribution in [-0.2, 0) is 6.42 Å². The summed E-state index contributed by atoms with van der Waals surface area (Å²) in [6.07, 6.45) is 1.19. The lowest BCUT2D eigenvalue weighted by Crippen LogP contribution is -2.20. The molecule has 98 valence electrons. The van der Waals surface area contributed by atoms with Gasteiger partial charge in [0.05, 0.1) is 12.2 Å². The number of fused-ring (bicyclic) bond motifs is 1. The molecule has 0 atom stereocenters. The zero-order valence-electron chi connectivity index (χ0n) is 11.1. The molecule has 0 heterocycles. The van der Waals surface area contributed by atoms with E-state index in [0.29, 0.717) is 25.2 Å². The Hall–Kier alpha value is -2.53. The molecule has 0 radical (unpaired) electrons. The first kappa shape index (κ1) is 12.5. The lowest BCUT2D eigenvalue weighted by Gasteiger charge is -2.20. The first-order valence-electron chi connectivity index (χ1n) is 6.66. The Morgan fingerprint density at radius 1 is 1.05 bits per heavy atom. The summed E-state index contributed by atoms with van der Waals surface area (Å²) >= 11 is 0. The summed E-state index contributed by atoms with van der Waals surface area (Å²) in [5, 5.41) is 0. The van der Waals surface area contributed by atoms with Gasteiger partial charge in [-0.2, -0.15) is 0 Å². The third-order valence-corrected chi connectivity index (χ3v) is 3.23. The highest BCUT2D eigenvalue weighted by Gasteiger charge is 2.26. The summed E-state index contributed by atoms with van der Waals surface area (Å²) in [6.45, 7) is 0.504. The molecule has 2 aromatic carbocycles. The van der Waals surface area contributed by atoms with Gasteiger partial charge in [-0.25, -0.2) is 0 Å². The lowest BCUT2D eigenvalue weighted by atomic mass is 9.86. The van der Waals surface area contributed by atoms with Gasteiger partial charge in [0.1, 0.15) is 5.75 Å². The van der Waals surface area contributed by atoms with Crippen LogP contribution < -0.4 is 4.74 Å². The highest BCUT2D eigenvalue weighted by atomic mass is 16.5. The summed E-state index contributed by atoms with van der Waals surface area (Å²) in [5.41, 5.74) is 2.85. The molecular weight excluding hydrogens is 248 g/mol. The van der Waals surface area contributed by atoms with Crippen LogP contribution in [0.3, 0.4) is 0 Å². The van der Waals surface area contributed by atoms with Crippen molar-refractivity contribution in [2.45, 2.75) is 12.8 Å². The Labute approximate surface area is 118 Å². The first-order chi connectivity index (χ1) is 9.84. The maximum absolute atomic E-state index is 11.5. The van der Waals surface area contributed by atoms with Crippen LogP contribution in [0.4, 0.5) is 0 Å². The van der Waals surface area contributed by atoms with Gasteiger partial charge in [0.2, 0.25) is 0 Å². The standard InChI is InChI=1S/C18H14O2/c19-16-13-15-10-6-11-17(18(15)16)20-12-5-4-9-14-7-2-1-3-8-14/h1-3,6-8,10-11H,5,12-13H2. The molecule has 0 N–H and O–H groups in total. The Kier molecular flexibility index (Phi) is 3.52. The fourth-order valence-electron chi connectivity index (χ4n) is 2.21. The van der Waals surface area contributed by atoms with Crippen molar-refractivity contribution in [3.05, 3.63) is 65.2 Å². The summed E-state index contributed by atoms with van der Waals surface area (Å²) in [7, 11) is 0. The topological polar surface area (TPSA) is 26.3 Å². The van der Waals surface area contributed by atoms with Gasteiger partial charge in [0, 0.05) is 18.4 Å². The molecule has 0 spiro atoms. The van der Waals surface area contributed by atoms with Gasteiger partial charge in [0.15, 0.2) is 5.78 Å². The van der Waals surface area contributed by atoms with E-state index < -0.39 is 0 Å². The van der Waals surface area contributed by atoms with Gasteiger partial charge in [-0.15, -0.1) is 0 Å². The van der Waals surface area contributed by atoms with E-state index >= 15 is 0 Å². The number of Topliss-reactive ketones (excluding diaryl/α,β-unsaturated/α-hetero) is 1. The molecule has 3 rings (SSSR count). The van der Waals surface area contributed by atoms with E-state index in [1.54, 1.807) is 0 Å². The van der Waals surface area contributed by atoms with Crippen LogP contribution in [0, 0.1) is 11.8 Å². The number of benzene rings is 2. The van der Waals surface area contributed by atoms with Crippen LogP contribution in [0.5, 0.6) is 5.75 Å². The number of rotatable bonds is 3. The van der Waals surface area contributed by atoms with E-state index in [4.69, 9.17) is 4.74 Å². The van der Waals surface area contributed by atoms with Gasteiger partial charge in [-0.1, -0.05) is 42.2 Å². The maximum atomic E-state index is 11.5. The molecule has 0 amide bonds. The van der Waals surface area contributed by atoms with Crippen molar-refractivity contribution in [1.82, 2.24) is 0 Å². The molecule has 0 saturated heterocycles. The maximum Gasteiger partial charge on any atom is 0.171 e. The predicted octanol–water partition coefficient (Wildman–Crippen LogP) is 3.25. The van der Waals surface area contributed by atoms with Crippen LogP contribution in [0.2, 0.25) is 0 Å². The Bertz CT molecular complexity index is 690. The second kappa shape index (κ2) is 5.63. The van der Waals surface area contributed by atoms with Crippen molar-refractivity contribution < 1.29 is 9.53 Å². The van der Waals surface area contributed by atoms with E-state index in [9.17, 15) is 4.79 Å². The average Bonchev–Trinajstić information content (AvgIpc) is 2.46. The summed E-state index contributed by atoms with van der Waals surface area (Å²) in [6, 6.07) is 15.6. The normalized spacial score (nSPS) is 11.9. The lowest BCUT2D eigenvalue weighted by molar-refractivity contribution is 0.0963. The zero-order valence-corrected chi connectivity index (χ0v) is 11.1.